The summed E-state index contributed by atoms with van der Waals surface area (Å²) in [4.78, 5) is 13.8. The minimum Gasteiger partial charge on any atom is -0.325 e. The maximum Gasteiger partial charge on any atom is 0.516 e. The molecule has 1 fully saturated rings. The van der Waals surface area contributed by atoms with Gasteiger partial charge >= 0.3 is 15.5 Å². The van der Waals surface area contributed by atoms with E-state index >= 15 is 8.78 Å². The van der Waals surface area contributed by atoms with Gasteiger partial charge in [-0.1, -0.05) is 62.2 Å². The van der Waals surface area contributed by atoms with Crippen molar-refractivity contribution in [3.8, 4) is 0 Å². The van der Waals surface area contributed by atoms with Crippen LogP contribution in [0.4, 0.5) is 33.3 Å². The second-order valence-electron chi connectivity index (χ2n) is 11.8. The molecule has 0 aromatic heterocycles. The van der Waals surface area contributed by atoms with E-state index in [1.54, 1.807) is 0 Å². The average Bonchev–Trinajstić information content (AvgIpc) is 3.17. The number of rotatable bonds is 7. The first-order valence-electron chi connectivity index (χ1n) is 13.2. The van der Waals surface area contributed by atoms with E-state index in [1.165, 1.54) is 47.2 Å². The normalized spacial score (nSPS) is 22.6. The summed E-state index contributed by atoms with van der Waals surface area (Å²) < 4.78 is 93.8. The Hall–Kier alpha value is -2.97. The number of hydrogen-bond donors (Lipinski definition) is 4. The van der Waals surface area contributed by atoms with Crippen LogP contribution < -0.4 is 21.1 Å². The van der Waals surface area contributed by atoms with Gasteiger partial charge in [-0.15, -0.1) is 0 Å². The Morgan fingerprint density at radius 1 is 1.00 bits per heavy atom. The fourth-order valence-electron chi connectivity index (χ4n) is 5.46. The predicted octanol–water partition coefficient (Wildman–Crippen LogP) is 6.89. The molecule has 1 heterocycles. The van der Waals surface area contributed by atoms with E-state index in [0.717, 1.165) is 18.2 Å². The topological polar surface area (TPSA) is 113 Å². The molecule has 15 heteroatoms. The zero-order chi connectivity index (χ0) is 32.8. The molecule has 0 spiro atoms. The number of benzene rings is 3. The van der Waals surface area contributed by atoms with E-state index in [0.29, 0.717) is 6.42 Å². The summed E-state index contributed by atoms with van der Waals surface area (Å²) in [6.07, 6.45) is 0.322. The molecule has 0 saturated carbocycles. The number of carbonyl (C=O) groups excluding carboxylic acids is 1. The van der Waals surface area contributed by atoms with Crippen LogP contribution in [-0.2, 0) is 20.4 Å². The lowest BCUT2D eigenvalue weighted by atomic mass is 9.68. The lowest BCUT2D eigenvalue weighted by molar-refractivity contribution is -0.118. The van der Waals surface area contributed by atoms with Gasteiger partial charge in [0, 0.05) is 33.9 Å². The third kappa shape index (κ3) is 6.81. The number of nitrogens with two attached hydrogens (primary N) is 1. The van der Waals surface area contributed by atoms with Crippen molar-refractivity contribution in [2.45, 2.75) is 56.2 Å². The molecule has 1 aliphatic rings. The van der Waals surface area contributed by atoms with Gasteiger partial charge in [-0.25, -0.2) is 8.78 Å². The van der Waals surface area contributed by atoms with E-state index in [-0.39, 0.29) is 26.9 Å². The molecule has 3 aromatic rings. The Labute approximate surface area is 261 Å². The van der Waals surface area contributed by atoms with Gasteiger partial charge in [-0.2, -0.15) is 21.6 Å². The van der Waals surface area contributed by atoms with Crippen molar-refractivity contribution < 1.29 is 35.2 Å². The van der Waals surface area contributed by atoms with Gasteiger partial charge in [0.1, 0.15) is 11.6 Å². The average molecular weight is 680 g/mol. The van der Waals surface area contributed by atoms with Crippen molar-refractivity contribution in [2.75, 3.05) is 10.0 Å². The fraction of sp³-hybridized carbons (Fsp3) is 0.345. The second kappa shape index (κ2) is 12.1. The van der Waals surface area contributed by atoms with Crippen LogP contribution in [-0.4, -0.2) is 31.9 Å². The summed E-state index contributed by atoms with van der Waals surface area (Å²) in [5, 5.41) is 5.66. The molecule has 4 atom stereocenters. The Morgan fingerprint density at radius 2 is 1.61 bits per heavy atom. The van der Waals surface area contributed by atoms with Gasteiger partial charge in [0.05, 0.1) is 16.6 Å². The smallest absolute Gasteiger partial charge is 0.325 e. The zero-order valence-corrected chi connectivity index (χ0v) is 25.9. The van der Waals surface area contributed by atoms with E-state index in [4.69, 9.17) is 28.9 Å². The summed E-state index contributed by atoms with van der Waals surface area (Å²) in [5.74, 6) is -3.55. The van der Waals surface area contributed by atoms with E-state index in [2.05, 4.69) is 10.6 Å². The first kappa shape index (κ1) is 33.9. The molecule has 238 valence electrons. The maximum atomic E-state index is 15.7. The maximum absolute atomic E-state index is 15.7. The van der Waals surface area contributed by atoms with Crippen molar-refractivity contribution in [1.82, 2.24) is 5.32 Å². The molecule has 0 aliphatic carbocycles. The molecule has 44 heavy (non-hydrogen) atoms. The van der Waals surface area contributed by atoms with Crippen molar-refractivity contribution in [3.05, 3.63) is 93.5 Å². The highest BCUT2D eigenvalue weighted by molar-refractivity contribution is 7.93. The van der Waals surface area contributed by atoms with Crippen molar-refractivity contribution in [2.24, 2.45) is 11.1 Å². The zero-order valence-electron chi connectivity index (χ0n) is 23.6. The van der Waals surface area contributed by atoms with Gasteiger partial charge in [-0.05, 0) is 59.9 Å². The molecule has 1 aliphatic heterocycles. The highest BCUT2D eigenvalue weighted by Gasteiger charge is 2.58. The molecule has 0 bridgehead atoms. The SMILES string of the molecule is CC(C)(C)C[C@@H]1N[C@@H](C(=O)Nc2ccc(NS(=O)(=O)C(F)(F)F)cc2)[C@H](c2cccc(Cl)c2F)[C@@]1(N)c1ccc(Cl)cc1F. The van der Waals surface area contributed by atoms with E-state index in [1.807, 2.05) is 20.8 Å². The summed E-state index contributed by atoms with van der Waals surface area (Å²) in [6.45, 7) is 5.76. The summed E-state index contributed by atoms with van der Waals surface area (Å²) in [5.41, 5.74) is -0.890. The Morgan fingerprint density at radius 3 is 2.18 bits per heavy atom. The van der Waals surface area contributed by atoms with Gasteiger partial charge in [-0.3, -0.25) is 9.52 Å². The minimum atomic E-state index is -5.66. The standard InChI is InChI=1S/C29H29Cl2F5N4O3S/c1-27(2,3)14-22-28(37,19-12-7-15(30)13-21(19)32)23(18-5-4-6-20(31)24(18)33)25(39-22)26(41)38-16-8-10-17(11-9-16)40-44(42,43)29(34,35)36/h4-13,22-23,25,39-40H,14,37H2,1-3H3,(H,38,41)/t22-,23-,25+,28+/m0/s1. The molecule has 0 radical (unpaired) electrons. The largest absolute Gasteiger partial charge is 0.516 e. The predicted molar refractivity (Wildman–Crippen MR) is 160 cm³/mol. The van der Waals surface area contributed by atoms with Crippen LogP contribution in [0.25, 0.3) is 0 Å². The fourth-order valence-corrected chi connectivity index (χ4v) is 6.36. The number of carbonyl (C=O) groups is 1. The van der Waals surface area contributed by atoms with Gasteiger partial charge in [0.25, 0.3) is 0 Å². The van der Waals surface area contributed by atoms with Crippen LogP contribution in [0.5, 0.6) is 0 Å². The molecule has 1 amide bonds. The Bertz CT molecular complexity index is 1670. The number of anilines is 2. The summed E-state index contributed by atoms with van der Waals surface area (Å²) in [7, 11) is -5.66. The number of nitrogens with one attached hydrogen (secondary N) is 3. The number of sulfonamides is 1. The molecular weight excluding hydrogens is 650 g/mol. The molecule has 7 nitrogen and oxygen atoms in total. The number of amides is 1. The van der Waals surface area contributed by atoms with Gasteiger partial charge in [0.2, 0.25) is 5.91 Å². The minimum absolute atomic E-state index is 0.00960. The summed E-state index contributed by atoms with van der Waals surface area (Å²) in [6, 6.07) is 10.5. The molecule has 3 aromatic carbocycles. The highest BCUT2D eigenvalue weighted by Crippen LogP contribution is 2.50. The third-order valence-electron chi connectivity index (χ3n) is 7.33. The van der Waals surface area contributed by atoms with Crippen molar-refractivity contribution >= 4 is 50.5 Å². The quantitative estimate of drug-likeness (QED) is 0.203. The lowest BCUT2D eigenvalue weighted by Gasteiger charge is -2.40. The van der Waals surface area contributed by atoms with E-state index < -0.39 is 67.7 Å². The molecule has 1 saturated heterocycles. The second-order valence-corrected chi connectivity index (χ2v) is 14.3. The summed E-state index contributed by atoms with van der Waals surface area (Å²) >= 11 is 12.1. The Balaban J connectivity index is 1.78. The van der Waals surface area contributed by atoms with Crippen molar-refractivity contribution in [3.63, 3.8) is 0 Å². The van der Waals surface area contributed by atoms with Crippen LogP contribution in [0.2, 0.25) is 10.0 Å². The number of halogens is 7. The highest BCUT2D eigenvalue weighted by atomic mass is 35.5. The van der Waals surface area contributed by atoms with Crippen LogP contribution in [0.3, 0.4) is 0 Å². The van der Waals surface area contributed by atoms with Gasteiger partial charge < -0.3 is 16.4 Å². The van der Waals surface area contributed by atoms with Crippen LogP contribution in [0, 0.1) is 17.0 Å². The molecular formula is C29H29Cl2F5N4O3S. The number of hydrogen-bond acceptors (Lipinski definition) is 5. The first-order valence-corrected chi connectivity index (χ1v) is 15.4. The lowest BCUT2D eigenvalue weighted by Crippen LogP contribution is -2.52. The number of alkyl halides is 3. The molecule has 4 rings (SSSR count). The molecule has 5 N–H and O–H groups in total. The van der Waals surface area contributed by atoms with Gasteiger partial charge in [0.15, 0.2) is 0 Å². The monoisotopic (exact) mass is 678 g/mol. The van der Waals surface area contributed by atoms with Crippen LogP contribution in [0.15, 0.2) is 60.7 Å². The van der Waals surface area contributed by atoms with Crippen LogP contribution >= 0.6 is 23.2 Å². The molecule has 0 unspecified atom stereocenters. The third-order valence-corrected chi connectivity index (χ3v) is 8.97. The van der Waals surface area contributed by atoms with E-state index in [9.17, 15) is 26.4 Å². The van der Waals surface area contributed by atoms with Crippen molar-refractivity contribution in [1.29, 1.82) is 0 Å². The first-order chi connectivity index (χ1) is 20.2. The van der Waals surface area contributed by atoms with Crippen LogP contribution in [0.1, 0.15) is 44.2 Å². The Kier molecular flexibility index (Phi) is 9.32.